The van der Waals surface area contributed by atoms with Gasteiger partial charge in [-0.3, -0.25) is 4.79 Å². The van der Waals surface area contributed by atoms with E-state index in [9.17, 15) is 4.79 Å². The highest BCUT2D eigenvalue weighted by Crippen LogP contribution is 2.28. The quantitative estimate of drug-likeness (QED) is 0.832. The number of nitrogens with zero attached hydrogens (tertiary/aromatic N) is 2. The topological polar surface area (TPSA) is 42.4 Å². The molecule has 126 valence electrons. The molecule has 1 aromatic heterocycles. The second kappa shape index (κ2) is 7.67. The van der Waals surface area contributed by atoms with Gasteiger partial charge >= 0.3 is 0 Å². The van der Waals surface area contributed by atoms with Crippen LogP contribution in [0.15, 0.2) is 36.4 Å². The fourth-order valence-electron chi connectivity index (χ4n) is 2.82. The largest absolute Gasteiger partial charge is 0.486 e. The van der Waals surface area contributed by atoms with Crippen molar-refractivity contribution in [3.63, 3.8) is 0 Å². The summed E-state index contributed by atoms with van der Waals surface area (Å²) in [7, 11) is 0. The summed E-state index contributed by atoms with van der Waals surface area (Å²) in [6.45, 7) is 3.86. The minimum Gasteiger partial charge on any atom is -0.486 e. The molecule has 1 amide bonds. The van der Waals surface area contributed by atoms with Gasteiger partial charge in [-0.15, -0.1) is 0 Å². The molecule has 2 heterocycles. The number of carbonyl (C=O) groups excluding carboxylic acids is 1. The van der Waals surface area contributed by atoms with Crippen LogP contribution >= 0.6 is 11.6 Å². The van der Waals surface area contributed by atoms with Gasteiger partial charge in [0.05, 0.1) is 10.7 Å². The van der Waals surface area contributed by atoms with Gasteiger partial charge in [0, 0.05) is 13.1 Å². The van der Waals surface area contributed by atoms with Crippen molar-refractivity contribution < 1.29 is 9.53 Å². The second-order valence-corrected chi connectivity index (χ2v) is 6.42. The van der Waals surface area contributed by atoms with E-state index in [1.54, 1.807) is 6.07 Å². The fraction of sp³-hybridized carbons (Fsp3) is 0.368. The predicted molar refractivity (Wildman–Crippen MR) is 94.5 cm³/mol. The molecule has 0 spiro atoms. The minimum absolute atomic E-state index is 0.00476. The maximum atomic E-state index is 12.5. The molecule has 0 aliphatic carbocycles. The van der Waals surface area contributed by atoms with Crippen LogP contribution < -0.4 is 4.74 Å². The zero-order chi connectivity index (χ0) is 16.9. The Bertz CT molecular complexity index is 727. The van der Waals surface area contributed by atoms with Crippen molar-refractivity contribution in [2.75, 3.05) is 13.1 Å². The van der Waals surface area contributed by atoms with Crippen molar-refractivity contribution in [2.45, 2.75) is 32.8 Å². The van der Waals surface area contributed by atoms with E-state index in [0.717, 1.165) is 37.2 Å². The summed E-state index contributed by atoms with van der Waals surface area (Å²) in [6, 6.07) is 11.1. The number of halogens is 1. The normalized spacial score (nSPS) is 14.5. The predicted octanol–water partition coefficient (Wildman–Crippen LogP) is 4.25. The first-order chi connectivity index (χ1) is 11.6. The lowest BCUT2D eigenvalue weighted by atomic mass is 10.1. The van der Waals surface area contributed by atoms with Crippen LogP contribution in [-0.4, -0.2) is 28.9 Å². The van der Waals surface area contributed by atoms with Crippen molar-refractivity contribution in [3.8, 4) is 5.75 Å². The molecule has 3 rings (SSSR count). The lowest BCUT2D eigenvalue weighted by Gasteiger charge is -2.26. The number of aryl methyl sites for hydroxylation is 1. The Morgan fingerprint density at radius 1 is 1.17 bits per heavy atom. The summed E-state index contributed by atoms with van der Waals surface area (Å²) in [5.74, 6) is 0.636. The van der Waals surface area contributed by atoms with Gasteiger partial charge in [0.2, 0.25) is 0 Å². The smallest absolute Gasteiger partial charge is 0.272 e. The van der Waals surface area contributed by atoms with Gasteiger partial charge in [-0.25, -0.2) is 4.98 Å². The molecule has 4 nitrogen and oxygen atoms in total. The lowest BCUT2D eigenvalue weighted by Crippen LogP contribution is -2.36. The number of pyridine rings is 1. The van der Waals surface area contributed by atoms with Gasteiger partial charge in [-0.2, -0.15) is 0 Å². The number of rotatable bonds is 4. The second-order valence-electron chi connectivity index (χ2n) is 6.04. The summed E-state index contributed by atoms with van der Waals surface area (Å²) in [5.41, 5.74) is 2.17. The molecule has 2 aromatic rings. The molecule has 0 bridgehead atoms. The van der Waals surface area contributed by atoms with E-state index in [1.165, 1.54) is 6.42 Å². The van der Waals surface area contributed by atoms with Crippen LogP contribution in [0.3, 0.4) is 0 Å². The van der Waals surface area contributed by atoms with Crippen LogP contribution in [0, 0.1) is 6.92 Å². The number of aromatic nitrogens is 1. The van der Waals surface area contributed by atoms with Crippen LogP contribution in [0.2, 0.25) is 5.02 Å². The van der Waals surface area contributed by atoms with E-state index < -0.39 is 0 Å². The molecular weight excluding hydrogens is 324 g/mol. The van der Waals surface area contributed by atoms with Crippen LogP contribution in [0.4, 0.5) is 0 Å². The SMILES string of the molecule is Cc1cccc(OCc2cccc(C(=O)N3CCCCC3)n2)c1Cl. The number of hydrogen-bond donors (Lipinski definition) is 0. The maximum absolute atomic E-state index is 12.5. The van der Waals surface area contributed by atoms with E-state index in [-0.39, 0.29) is 12.5 Å². The molecule has 1 aromatic carbocycles. The van der Waals surface area contributed by atoms with Gasteiger partial charge < -0.3 is 9.64 Å². The maximum Gasteiger partial charge on any atom is 0.272 e. The molecule has 0 saturated carbocycles. The standard InChI is InChI=1S/C19H21ClN2O2/c1-14-7-5-10-17(18(14)20)24-13-15-8-6-9-16(21-15)19(23)22-11-3-2-4-12-22/h5-10H,2-4,11-13H2,1H3. The van der Waals surface area contributed by atoms with Gasteiger partial charge in [0.25, 0.3) is 5.91 Å². The van der Waals surface area contributed by atoms with Crippen LogP contribution in [0.5, 0.6) is 5.75 Å². The molecule has 5 heteroatoms. The highest BCUT2D eigenvalue weighted by molar-refractivity contribution is 6.32. The molecule has 1 aliphatic heterocycles. The monoisotopic (exact) mass is 344 g/mol. The Hall–Kier alpha value is -2.07. The number of piperidine rings is 1. The van der Waals surface area contributed by atoms with Crippen molar-refractivity contribution in [1.82, 2.24) is 9.88 Å². The van der Waals surface area contributed by atoms with E-state index in [4.69, 9.17) is 16.3 Å². The molecule has 1 fully saturated rings. The average Bonchev–Trinajstić information content (AvgIpc) is 2.63. The Morgan fingerprint density at radius 3 is 2.71 bits per heavy atom. The number of likely N-dealkylation sites (tertiary alicyclic amines) is 1. The Balaban J connectivity index is 1.69. The van der Waals surface area contributed by atoms with Crippen LogP contribution in [0.25, 0.3) is 0 Å². The molecule has 0 N–H and O–H groups in total. The first kappa shape index (κ1) is 16.8. The van der Waals surface area contributed by atoms with Gasteiger partial charge in [-0.1, -0.05) is 29.8 Å². The van der Waals surface area contributed by atoms with Gasteiger partial charge in [-0.05, 0) is 49.9 Å². The van der Waals surface area contributed by atoms with Crippen molar-refractivity contribution in [2.24, 2.45) is 0 Å². The van der Waals surface area contributed by atoms with Gasteiger partial charge in [0.1, 0.15) is 18.1 Å². The van der Waals surface area contributed by atoms with Crippen LogP contribution in [0.1, 0.15) is 41.0 Å². The molecule has 1 saturated heterocycles. The summed E-state index contributed by atoms with van der Waals surface area (Å²) >= 11 is 6.24. The number of amides is 1. The zero-order valence-electron chi connectivity index (χ0n) is 13.8. The summed E-state index contributed by atoms with van der Waals surface area (Å²) in [5, 5.41) is 0.609. The van der Waals surface area contributed by atoms with E-state index in [2.05, 4.69) is 4.98 Å². The number of carbonyl (C=O) groups is 1. The lowest BCUT2D eigenvalue weighted by molar-refractivity contribution is 0.0718. The van der Waals surface area contributed by atoms with Crippen LogP contribution in [-0.2, 0) is 6.61 Å². The third kappa shape index (κ3) is 3.88. The molecule has 1 aliphatic rings. The first-order valence-corrected chi connectivity index (χ1v) is 8.66. The third-order valence-corrected chi connectivity index (χ3v) is 4.69. The number of hydrogen-bond acceptors (Lipinski definition) is 3. The van der Waals surface area contributed by atoms with Gasteiger partial charge in [0.15, 0.2) is 0 Å². The average molecular weight is 345 g/mol. The van der Waals surface area contributed by atoms with Crippen molar-refractivity contribution in [3.05, 3.63) is 58.4 Å². The summed E-state index contributed by atoms with van der Waals surface area (Å²) < 4.78 is 5.76. The fourth-order valence-corrected chi connectivity index (χ4v) is 3.00. The Morgan fingerprint density at radius 2 is 1.92 bits per heavy atom. The highest BCUT2D eigenvalue weighted by atomic mass is 35.5. The molecular formula is C19H21ClN2O2. The van der Waals surface area contributed by atoms with E-state index >= 15 is 0 Å². The Kier molecular flexibility index (Phi) is 5.36. The van der Waals surface area contributed by atoms with E-state index in [1.807, 2.05) is 42.2 Å². The molecule has 0 atom stereocenters. The molecule has 24 heavy (non-hydrogen) atoms. The zero-order valence-corrected chi connectivity index (χ0v) is 14.6. The summed E-state index contributed by atoms with van der Waals surface area (Å²) in [6.07, 6.45) is 3.34. The minimum atomic E-state index is 0.00476. The highest BCUT2D eigenvalue weighted by Gasteiger charge is 2.19. The number of ether oxygens (including phenoxy) is 1. The van der Waals surface area contributed by atoms with Crippen molar-refractivity contribution >= 4 is 17.5 Å². The Labute approximate surface area is 147 Å². The first-order valence-electron chi connectivity index (χ1n) is 8.28. The van der Waals surface area contributed by atoms with Crippen molar-refractivity contribution in [1.29, 1.82) is 0 Å². The third-order valence-electron chi connectivity index (χ3n) is 4.20. The number of benzene rings is 1. The molecule has 0 radical (unpaired) electrons. The van der Waals surface area contributed by atoms with E-state index in [0.29, 0.717) is 16.5 Å². The molecule has 0 unspecified atom stereocenters. The summed E-state index contributed by atoms with van der Waals surface area (Å²) in [4.78, 5) is 18.9.